The Bertz CT molecular complexity index is 1180. The van der Waals surface area contributed by atoms with Gasteiger partial charge in [0.15, 0.2) is 0 Å². The maximum absolute atomic E-state index is 12.1. The molecule has 1 unspecified atom stereocenters. The Hall–Kier alpha value is -3.93. The average molecular weight is 413 g/mol. The van der Waals surface area contributed by atoms with Crippen molar-refractivity contribution in [3.05, 3.63) is 95.9 Å². The highest BCUT2D eigenvalue weighted by atomic mass is 16.5. The predicted molar refractivity (Wildman–Crippen MR) is 120 cm³/mol. The number of aromatic nitrogens is 2. The Kier molecular flexibility index (Phi) is 6.08. The van der Waals surface area contributed by atoms with E-state index in [1.807, 2.05) is 55.5 Å². The summed E-state index contributed by atoms with van der Waals surface area (Å²) in [6, 6.07) is 18.2. The zero-order valence-electron chi connectivity index (χ0n) is 17.2. The van der Waals surface area contributed by atoms with Crippen LogP contribution in [0.2, 0.25) is 0 Å². The van der Waals surface area contributed by atoms with Gasteiger partial charge < -0.3 is 15.2 Å². The van der Waals surface area contributed by atoms with Gasteiger partial charge in [-0.2, -0.15) is 0 Å². The van der Waals surface area contributed by atoms with Gasteiger partial charge in [-0.3, -0.25) is 9.97 Å². The first-order valence-electron chi connectivity index (χ1n) is 10.2. The van der Waals surface area contributed by atoms with Gasteiger partial charge in [-0.15, -0.1) is 0 Å². The molecule has 0 aliphatic rings. The van der Waals surface area contributed by atoms with Crippen molar-refractivity contribution >= 4 is 22.6 Å². The van der Waals surface area contributed by atoms with Crippen LogP contribution in [-0.4, -0.2) is 27.7 Å². The topological polar surface area (TPSA) is 84.3 Å². The van der Waals surface area contributed by atoms with Gasteiger partial charge in [0.05, 0.1) is 18.2 Å². The van der Waals surface area contributed by atoms with E-state index in [2.05, 4.69) is 15.3 Å². The highest BCUT2D eigenvalue weighted by Crippen LogP contribution is 2.36. The van der Waals surface area contributed by atoms with E-state index < -0.39 is 0 Å². The van der Waals surface area contributed by atoms with Crippen LogP contribution in [0.15, 0.2) is 79.3 Å². The first-order chi connectivity index (χ1) is 15.2. The molecule has 2 aromatic heterocycles. The Morgan fingerprint density at radius 3 is 2.55 bits per heavy atom. The molecule has 2 N–H and O–H groups in total. The monoisotopic (exact) mass is 413 g/mol. The van der Waals surface area contributed by atoms with Crippen LogP contribution < -0.4 is 5.32 Å². The van der Waals surface area contributed by atoms with E-state index in [9.17, 15) is 9.90 Å². The standard InChI is InChI=1S/C25H23N3O3/c1-2-16-31-25(30)19-5-8-20(9-6-19)28-22(18-11-14-26-15-12-18)21-10-7-17-4-3-13-27-23(17)24(21)29/h3-15,22,28-29H,2,16H2,1H3. The maximum Gasteiger partial charge on any atom is 0.338 e. The second-order valence-electron chi connectivity index (χ2n) is 7.15. The van der Waals surface area contributed by atoms with E-state index in [0.717, 1.165) is 23.1 Å². The number of rotatable bonds is 7. The van der Waals surface area contributed by atoms with Gasteiger partial charge in [0, 0.05) is 35.2 Å². The van der Waals surface area contributed by atoms with E-state index >= 15 is 0 Å². The average Bonchev–Trinajstić information content (AvgIpc) is 2.83. The third-order valence-electron chi connectivity index (χ3n) is 5.00. The summed E-state index contributed by atoms with van der Waals surface area (Å²) in [6.07, 6.45) is 5.88. The second kappa shape index (κ2) is 9.26. The molecular formula is C25H23N3O3. The lowest BCUT2D eigenvalue weighted by atomic mass is 9.96. The summed E-state index contributed by atoms with van der Waals surface area (Å²) in [6.45, 7) is 2.36. The van der Waals surface area contributed by atoms with Crippen molar-refractivity contribution in [1.82, 2.24) is 9.97 Å². The lowest BCUT2D eigenvalue weighted by Gasteiger charge is -2.22. The molecule has 156 valence electrons. The summed E-state index contributed by atoms with van der Waals surface area (Å²) in [5.74, 6) is -0.204. The smallest absolute Gasteiger partial charge is 0.338 e. The van der Waals surface area contributed by atoms with Crippen molar-refractivity contribution in [3.63, 3.8) is 0 Å². The number of ether oxygens (including phenoxy) is 1. The number of nitrogens with zero attached hydrogens (tertiary/aromatic N) is 2. The molecule has 4 aromatic rings. The van der Waals surface area contributed by atoms with Crippen LogP contribution in [0, 0.1) is 0 Å². The molecule has 31 heavy (non-hydrogen) atoms. The van der Waals surface area contributed by atoms with Crippen LogP contribution >= 0.6 is 0 Å². The summed E-state index contributed by atoms with van der Waals surface area (Å²) in [5, 5.41) is 15.3. The fourth-order valence-corrected chi connectivity index (χ4v) is 3.42. The highest BCUT2D eigenvalue weighted by molar-refractivity contribution is 5.90. The summed E-state index contributed by atoms with van der Waals surface area (Å²) in [5.41, 5.74) is 3.48. The van der Waals surface area contributed by atoms with E-state index in [1.165, 1.54) is 0 Å². The minimum atomic E-state index is -0.340. The first-order valence-corrected chi connectivity index (χ1v) is 10.2. The number of pyridine rings is 2. The Morgan fingerprint density at radius 2 is 1.81 bits per heavy atom. The maximum atomic E-state index is 12.1. The van der Waals surface area contributed by atoms with Crippen LogP contribution in [0.3, 0.4) is 0 Å². The molecule has 6 heteroatoms. The molecule has 0 radical (unpaired) electrons. The number of aromatic hydroxyl groups is 1. The quantitative estimate of drug-likeness (QED) is 0.410. The predicted octanol–water partition coefficient (Wildman–Crippen LogP) is 5.10. The lowest BCUT2D eigenvalue weighted by molar-refractivity contribution is 0.0505. The Morgan fingerprint density at radius 1 is 1.03 bits per heavy atom. The molecule has 6 nitrogen and oxygen atoms in total. The molecule has 1 atom stereocenters. The third kappa shape index (κ3) is 4.48. The molecule has 0 fully saturated rings. The van der Waals surface area contributed by atoms with Crippen LogP contribution in [0.5, 0.6) is 5.75 Å². The molecule has 0 aliphatic carbocycles. The van der Waals surface area contributed by atoms with Gasteiger partial charge in [0.2, 0.25) is 0 Å². The molecule has 0 saturated carbocycles. The van der Waals surface area contributed by atoms with Crippen molar-refractivity contribution in [1.29, 1.82) is 0 Å². The summed E-state index contributed by atoms with van der Waals surface area (Å²) < 4.78 is 5.19. The van der Waals surface area contributed by atoms with Crippen LogP contribution in [-0.2, 0) is 4.74 Å². The van der Waals surface area contributed by atoms with Crippen molar-refractivity contribution in [2.75, 3.05) is 11.9 Å². The van der Waals surface area contributed by atoms with Crippen molar-refractivity contribution in [2.24, 2.45) is 0 Å². The van der Waals surface area contributed by atoms with Gasteiger partial charge in [-0.1, -0.05) is 25.1 Å². The minimum absolute atomic E-state index is 0.132. The normalized spacial score (nSPS) is 11.8. The molecule has 0 spiro atoms. The number of hydrogen-bond donors (Lipinski definition) is 2. The second-order valence-corrected chi connectivity index (χ2v) is 7.15. The number of phenols is 1. The summed E-state index contributed by atoms with van der Waals surface area (Å²) >= 11 is 0. The van der Waals surface area contributed by atoms with Gasteiger partial charge >= 0.3 is 5.97 Å². The number of carbonyl (C=O) groups excluding carboxylic acids is 1. The van der Waals surface area contributed by atoms with E-state index in [0.29, 0.717) is 23.3 Å². The minimum Gasteiger partial charge on any atom is -0.505 e. The summed E-state index contributed by atoms with van der Waals surface area (Å²) in [7, 11) is 0. The van der Waals surface area contributed by atoms with Gasteiger partial charge in [-0.25, -0.2) is 4.79 Å². The zero-order valence-corrected chi connectivity index (χ0v) is 17.2. The molecule has 2 aromatic carbocycles. The number of fused-ring (bicyclic) bond motifs is 1. The fourth-order valence-electron chi connectivity index (χ4n) is 3.42. The number of anilines is 1. The van der Waals surface area contributed by atoms with Gasteiger partial charge in [0.25, 0.3) is 0 Å². The van der Waals surface area contributed by atoms with Crippen LogP contribution in [0.4, 0.5) is 5.69 Å². The van der Waals surface area contributed by atoms with Crippen molar-refractivity contribution in [3.8, 4) is 5.75 Å². The van der Waals surface area contributed by atoms with E-state index in [1.54, 1.807) is 30.7 Å². The number of nitrogens with one attached hydrogen (secondary N) is 1. The number of esters is 1. The number of benzene rings is 2. The molecule has 0 amide bonds. The summed E-state index contributed by atoms with van der Waals surface area (Å²) in [4.78, 5) is 20.5. The third-order valence-corrected chi connectivity index (χ3v) is 5.00. The molecule has 0 bridgehead atoms. The van der Waals surface area contributed by atoms with Gasteiger partial charge in [-0.05, 0) is 54.4 Å². The van der Waals surface area contributed by atoms with Crippen LogP contribution in [0.1, 0.15) is 40.9 Å². The molecular weight excluding hydrogens is 390 g/mol. The molecule has 0 saturated heterocycles. The van der Waals surface area contributed by atoms with E-state index in [-0.39, 0.29) is 17.8 Å². The Balaban J connectivity index is 1.68. The Labute approximate surface area is 180 Å². The number of carbonyl (C=O) groups is 1. The fraction of sp³-hybridized carbons (Fsp3) is 0.160. The van der Waals surface area contributed by atoms with E-state index in [4.69, 9.17) is 4.74 Å². The number of phenolic OH excluding ortho intramolecular Hbond substituents is 1. The van der Waals surface area contributed by atoms with Crippen molar-refractivity contribution in [2.45, 2.75) is 19.4 Å². The van der Waals surface area contributed by atoms with Gasteiger partial charge in [0.1, 0.15) is 11.3 Å². The first kappa shape index (κ1) is 20.3. The number of hydrogen-bond acceptors (Lipinski definition) is 6. The largest absolute Gasteiger partial charge is 0.505 e. The molecule has 0 aliphatic heterocycles. The zero-order chi connectivity index (χ0) is 21.6. The highest BCUT2D eigenvalue weighted by Gasteiger charge is 2.20. The lowest BCUT2D eigenvalue weighted by Crippen LogP contribution is -2.13. The SMILES string of the molecule is CCCOC(=O)c1ccc(NC(c2ccncc2)c2ccc3cccnc3c2O)cc1. The molecule has 2 heterocycles. The van der Waals surface area contributed by atoms with Crippen molar-refractivity contribution < 1.29 is 14.6 Å². The molecule has 4 rings (SSSR count). The van der Waals surface area contributed by atoms with Crippen LogP contribution in [0.25, 0.3) is 10.9 Å².